The number of carbonyl (C=O) groups excluding carboxylic acids is 2. The third kappa shape index (κ3) is 7.11. The van der Waals surface area contributed by atoms with E-state index in [4.69, 9.17) is 21.1 Å². The first-order valence-electron chi connectivity index (χ1n) is 11.1. The number of benzene rings is 3. The Bertz CT molecular complexity index is 1330. The molecule has 36 heavy (non-hydrogen) atoms. The van der Waals surface area contributed by atoms with Crippen LogP contribution >= 0.6 is 11.6 Å². The number of methoxy groups -OCH3 is 1. The molecule has 0 unspecified atom stereocenters. The van der Waals surface area contributed by atoms with Crippen molar-refractivity contribution in [2.75, 3.05) is 19.0 Å². The third-order valence-corrected chi connectivity index (χ3v) is 5.64. The molecule has 0 heterocycles. The lowest BCUT2D eigenvalue weighted by Gasteiger charge is -2.14. The lowest BCUT2D eigenvalue weighted by molar-refractivity contribution is -0.118. The van der Waals surface area contributed by atoms with Gasteiger partial charge in [0.05, 0.1) is 12.1 Å². The number of nitriles is 1. The Balaban J connectivity index is 1.69. The maximum atomic E-state index is 12.5. The zero-order valence-electron chi connectivity index (χ0n) is 20.2. The van der Waals surface area contributed by atoms with Crippen molar-refractivity contribution in [3.05, 3.63) is 93.5 Å². The van der Waals surface area contributed by atoms with Crippen LogP contribution in [-0.2, 0) is 16.1 Å². The first kappa shape index (κ1) is 26.3. The van der Waals surface area contributed by atoms with Crippen LogP contribution in [0, 0.1) is 25.2 Å². The van der Waals surface area contributed by atoms with Crippen molar-refractivity contribution in [3.63, 3.8) is 0 Å². The molecule has 2 amide bonds. The quantitative estimate of drug-likeness (QED) is 0.308. The summed E-state index contributed by atoms with van der Waals surface area (Å²) in [6.07, 6.45) is 1.41. The zero-order valence-corrected chi connectivity index (χ0v) is 21.0. The number of rotatable bonds is 9. The zero-order chi connectivity index (χ0) is 26.1. The highest BCUT2D eigenvalue weighted by molar-refractivity contribution is 6.32. The molecule has 0 aliphatic heterocycles. The van der Waals surface area contributed by atoms with E-state index in [2.05, 4.69) is 10.6 Å². The Labute approximate surface area is 215 Å². The van der Waals surface area contributed by atoms with E-state index in [-0.39, 0.29) is 34.6 Å². The van der Waals surface area contributed by atoms with Gasteiger partial charge in [0.1, 0.15) is 11.6 Å². The van der Waals surface area contributed by atoms with Gasteiger partial charge in [-0.3, -0.25) is 9.59 Å². The second kappa shape index (κ2) is 12.4. The fourth-order valence-corrected chi connectivity index (χ4v) is 3.58. The SMILES string of the molecule is COc1cc(/C=C(\C#N)C(=O)NCc2ccccc2)cc(Cl)c1OCC(=O)Nc1ccc(C)c(C)c1. The number of hydrogen-bond donors (Lipinski definition) is 2. The highest BCUT2D eigenvalue weighted by atomic mass is 35.5. The fraction of sp³-hybridized carbons (Fsp3) is 0.179. The number of hydrogen-bond acceptors (Lipinski definition) is 5. The van der Waals surface area contributed by atoms with E-state index in [1.54, 1.807) is 6.07 Å². The smallest absolute Gasteiger partial charge is 0.262 e. The molecule has 0 bridgehead atoms. The van der Waals surface area contributed by atoms with Crippen molar-refractivity contribution < 1.29 is 19.1 Å². The summed E-state index contributed by atoms with van der Waals surface area (Å²) in [5.41, 5.74) is 4.15. The van der Waals surface area contributed by atoms with Gasteiger partial charge in [0.25, 0.3) is 11.8 Å². The van der Waals surface area contributed by atoms with Gasteiger partial charge in [0, 0.05) is 12.2 Å². The second-order valence-electron chi connectivity index (χ2n) is 8.01. The minimum atomic E-state index is -0.514. The van der Waals surface area contributed by atoms with Crippen molar-refractivity contribution in [3.8, 4) is 17.6 Å². The molecule has 3 aromatic rings. The van der Waals surface area contributed by atoms with Crippen molar-refractivity contribution >= 4 is 35.2 Å². The number of aryl methyl sites for hydroxylation is 2. The van der Waals surface area contributed by atoms with Crippen molar-refractivity contribution in [1.82, 2.24) is 5.32 Å². The van der Waals surface area contributed by atoms with Gasteiger partial charge in [-0.2, -0.15) is 5.26 Å². The summed E-state index contributed by atoms with van der Waals surface area (Å²) < 4.78 is 11.0. The summed E-state index contributed by atoms with van der Waals surface area (Å²) >= 11 is 6.39. The van der Waals surface area contributed by atoms with Crippen LogP contribution in [0.5, 0.6) is 11.5 Å². The molecule has 3 rings (SSSR count). The van der Waals surface area contributed by atoms with Crippen molar-refractivity contribution in [1.29, 1.82) is 5.26 Å². The van der Waals surface area contributed by atoms with Gasteiger partial charge in [-0.15, -0.1) is 0 Å². The van der Waals surface area contributed by atoms with E-state index in [0.717, 1.165) is 16.7 Å². The summed E-state index contributed by atoms with van der Waals surface area (Å²) in [5.74, 6) is -0.435. The summed E-state index contributed by atoms with van der Waals surface area (Å²) in [4.78, 5) is 24.9. The number of ether oxygens (including phenoxy) is 2. The summed E-state index contributed by atoms with van der Waals surface area (Å²) in [6.45, 7) is 3.96. The molecular weight excluding hydrogens is 478 g/mol. The highest BCUT2D eigenvalue weighted by Crippen LogP contribution is 2.37. The molecule has 0 aromatic heterocycles. The van der Waals surface area contributed by atoms with Crippen LogP contribution < -0.4 is 20.1 Å². The van der Waals surface area contributed by atoms with Crippen LogP contribution in [0.3, 0.4) is 0 Å². The molecule has 0 aliphatic rings. The molecule has 0 radical (unpaired) electrons. The fourth-order valence-electron chi connectivity index (χ4n) is 3.31. The Hall–Kier alpha value is -4.28. The Kier molecular flexibility index (Phi) is 9.09. The van der Waals surface area contributed by atoms with Crippen LogP contribution in [0.25, 0.3) is 6.08 Å². The van der Waals surface area contributed by atoms with Gasteiger partial charge in [-0.1, -0.05) is 48.0 Å². The van der Waals surface area contributed by atoms with Gasteiger partial charge < -0.3 is 20.1 Å². The third-order valence-electron chi connectivity index (χ3n) is 5.36. The number of amides is 2. The molecule has 0 aliphatic carbocycles. The monoisotopic (exact) mass is 503 g/mol. The molecule has 0 atom stereocenters. The van der Waals surface area contributed by atoms with Crippen LogP contribution in [-0.4, -0.2) is 25.5 Å². The minimum absolute atomic E-state index is 0.0921. The lowest BCUT2D eigenvalue weighted by atomic mass is 10.1. The van der Waals surface area contributed by atoms with Gasteiger partial charge in [-0.25, -0.2) is 0 Å². The Morgan fingerprint density at radius 3 is 2.47 bits per heavy atom. The maximum absolute atomic E-state index is 12.5. The predicted molar refractivity (Wildman–Crippen MR) is 140 cm³/mol. The maximum Gasteiger partial charge on any atom is 0.262 e. The van der Waals surface area contributed by atoms with E-state index in [1.165, 1.54) is 19.3 Å². The standard InChI is InChI=1S/C28H26ClN3O4/c1-18-9-10-23(11-19(18)2)32-26(33)17-36-27-24(29)13-21(14-25(27)35-3)12-22(15-30)28(34)31-16-20-7-5-4-6-8-20/h4-14H,16-17H2,1-3H3,(H,31,34)(H,32,33)/b22-12+. The average Bonchev–Trinajstić information content (AvgIpc) is 2.87. The number of halogens is 1. The molecule has 7 nitrogen and oxygen atoms in total. The van der Waals surface area contributed by atoms with Gasteiger partial charge in [0.2, 0.25) is 0 Å². The molecule has 0 saturated heterocycles. The van der Waals surface area contributed by atoms with Gasteiger partial charge in [-0.05, 0) is 66.4 Å². The Morgan fingerprint density at radius 1 is 1.06 bits per heavy atom. The van der Waals surface area contributed by atoms with Crippen LogP contribution in [0.2, 0.25) is 5.02 Å². The van der Waals surface area contributed by atoms with Crippen LogP contribution in [0.15, 0.2) is 66.2 Å². The first-order chi connectivity index (χ1) is 17.3. The largest absolute Gasteiger partial charge is 0.493 e. The highest BCUT2D eigenvalue weighted by Gasteiger charge is 2.15. The topological polar surface area (TPSA) is 100 Å². The molecule has 0 saturated carbocycles. The number of carbonyl (C=O) groups is 2. The normalized spacial score (nSPS) is 10.8. The summed E-state index contributed by atoms with van der Waals surface area (Å²) in [5, 5.41) is 15.2. The predicted octanol–water partition coefficient (Wildman–Crippen LogP) is 5.21. The van der Waals surface area contributed by atoms with E-state index < -0.39 is 5.91 Å². The molecule has 3 aromatic carbocycles. The number of nitrogens with zero attached hydrogens (tertiary/aromatic N) is 1. The molecular formula is C28H26ClN3O4. The molecule has 184 valence electrons. The van der Waals surface area contributed by atoms with Crippen LogP contribution in [0.1, 0.15) is 22.3 Å². The first-order valence-corrected chi connectivity index (χ1v) is 11.5. The van der Waals surface area contributed by atoms with E-state index in [1.807, 2.05) is 68.4 Å². The van der Waals surface area contributed by atoms with Gasteiger partial charge in [0.15, 0.2) is 18.1 Å². The molecule has 2 N–H and O–H groups in total. The van der Waals surface area contributed by atoms with E-state index >= 15 is 0 Å². The molecule has 0 fully saturated rings. The van der Waals surface area contributed by atoms with Crippen molar-refractivity contribution in [2.24, 2.45) is 0 Å². The number of nitrogens with one attached hydrogen (secondary N) is 2. The Morgan fingerprint density at radius 2 is 1.81 bits per heavy atom. The summed E-state index contributed by atoms with van der Waals surface area (Å²) in [7, 11) is 1.43. The lowest BCUT2D eigenvalue weighted by Crippen LogP contribution is -2.23. The van der Waals surface area contributed by atoms with E-state index in [0.29, 0.717) is 17.8 Å². The van der Waals surface area contributed by atoms with Gasteiger partial charge >= 0.3 is 0 Å². The van der Waals surface area contributed by atoms with E-state index in [9.17, 15) is 14.9 Å². The van der Waals surface area contributed by atoms with Crippen LogP contribution in [0.4, 0.5) is 5.69 Å². The second-order valence-corrected chi connectivity index (χ2v) is 8.42. The van der Waals surface area contributed by atoms with Crippen molar-refractivity contribution in [2.45, 2.75) is 20.4 Å². The number of anilines is 1. The average molecular weight is 504 g/mol. The minimum Gasteiger partial charge on any atom is -0.493 e. The molecule has 8 heteroatoms. The summed E-state index contributed by atoms with van der Waals surface area (Å²) in [6, 6.07) is 20.0. The molecule has 0 spiro atoms.